The highest BCUT2D eigenvalue weighted by atomic mass is 16.5. The van der Waals surface area contributed by atoms with Gasteiger partial charge in [0.25, 0.3) is 0 Å². The van der Waals surface area contributed by atoms with Crippen LogP contribution in [0.1, 0.15) is 13.8 Å². The normalized spacial score (nSPS) is 19.1. The van der Waals surface area contributed by atoms with Gasteiger partial charge in [0.2, 0.25) is 0 Å². The van der Waals surface area contributed by atoms with Crippen LogP contribution < -0.4 is 15.4 Å². The molecule has 1 aliphatic rings. The van der Waals surface area contributed by atoms with Crippen LogP contribution in [0.5, 0.6) is 5.75 Å². The molecule has 0 radical (unpaired) electrons. The second-order valence-electron chi connectivity index (χ2n) is 3.55. The fraction of sp³-hybridized carbons (Fsp3) is 0.455. The molecule has 1 aromatic rings. The summed E-state index contributed by atoms with van der Waals surface area (Å²) < 4.78 is 5.67. The molecule has 0 spiro atoms. The Hall–Kier alpha value is -1.38. The van der Waals surface area contributed by atoms with Crippen molar-refractivity contribution in [1.29, 1.82) is 0 Å². The van der Waals surface area contributed by atoms with Gasteiger partial charge in [0.1, 0.15) is 11.9 Å². The van der Waals surface area contributed by atoms with E-state index in [0.717, 1.165) is 30.2 Å². The lowest BCUT2D eigenvalue weighted by atomic mass is 10.2. The van der Waals surface area contributed by atoms with E-state index in [1.54, 1.807) is 0 Å². The predicted molar refractivity (Wildman–Crippen MR) is 59.2 cm³/mol. The monoisotopic (exact) mass is 192 g/mol. The van der Waals surface area contributed by atoms with Gasteiger partial charge in [-0.3, -0.25) is 0 Å². The Labute approximate surface area is 84.5 Å². The lowest BCUT2D eigenvalue weighted by molar-refractivity contribution is 0.226. The van der Waals surface area contributed by atoms with Gasteiger partial charge in [0, 0.05) is 12.2 Å². The minimum absolute atomic E-state index is 0.257. The average Bonchev–Trinajstić information content (AvgIpc) is 2.19. The summed E-state index contributed by atoms with van der Waals surface area (Å²) in [5, 5.41) is 6.62. The lowest BCUT2D eigenvalue weighted by Crippen LogP contribution is -2.27. The third kappa shape index (κ3) is 1.76. The predicted octanol–water partition coefficient (Wildman–Crippen LogP) is 2.31. The van der Waals surface area contributed by atoms with Gasteiger partial charge < -0.3 is 15.4 Å². The van der Waals surface area contributed by atoms with Crippen LogP contribution in [0, 0.1) is 0 Å². The van der Waals surface area contributed by atoms with Crippen LogP contribution in [-0.2, 0) is 0 Å². The Morgan fingerprint density at radius 3 is 3.21 bits per heavy atom. The molecule has 0 amide bonds. The van der Waals surface area contributed by atoms with E-state index in [9.17, 15) is 0 Å². The van der Waals surface area contributed by atoms with Gasteiger partial charge >= 0.3 is 0 Å². The molecule has 3 nitrogen and oxygen atoms in total. The number of hydrogen-bond acceptors (Lipinski definition) is 3. The third-order valence-corrected chi connectivity index (χ3v) is 2.27. The van der Waals surface area contributed by atoms with Gasteiger partial charge in [-0.1, -0.05) is 0 Å². The molecule has 0 saturated carbocycles. The molecule has 0 fully saturated rings. The molecule has 1 heterocycles. The molecule has 1 aromatic carbocycles. The van der Waals surface area contributed by atoms with Gasteiger partial charge in [0.05, 0.1) is 12.2 Å². The van der Waals surface area contributed by atoms with Crippen molar-refractivity contribution in [2.45, 2.75) is 20.0 Å². The van der Waals surface area contributed by atoms with E-state index in [1.165, 1.54) is 0 Å². The summed E-state index contributed by atoms with van der Waals surface area (Å²) in [6.45, 7) is 5.97. The van der Waals surface area contributed by atoms with Crippen molar-refractivity contribution in [2.75, 3.05) is 23.7 Å². The maximum atomic E-state index is 5.67. The first-order valence-electron chi connectivity index (χ1n) is 5.08. The second kappa shape index (κ2) is 3.78. The van der Waals surface area contributed by atoms with Crippen LogP contribution >= 0.6 is 0 Å². The number of benzene rings is 1. The van der Waals surface area contributed by atoms with E-state index in [2.05, 4.69) is 30.5 Å². The molecule has 2 N–H and O–H groups in total. The van der Waals surface area contributed by atoms with E-state index in [1.807, 2.05) is 12.1 Å². The summed E-state index contributed by atoms with van der Waals surface area (Å²) in [7, 11) is 0. The van der Waals surface area contributed by atoms with Gasteiger partial charge in [-0.05, 0) is 32.0 Å². The molecule has 76 valence electrons. The Bertz CT molecular complexity index is 325. The van der Waals surface area contributed by atoms with Crippen molar-refractivity contribution in [3.05, 3.63) is 18.2 Å². The van der Waals surface area contributed by atoms with Crippen LogP contribution in [0.3, 0.4) is 0 Å². The Kier molecular flexibility index (Phi) is 2.48. The molecule has 3 heteroatoms. The molecule has 0 aromatic heterocycles. The first-order chi connectivity index (χ1) is 6.79. The fourth-order valence-electron chi connectivity index (χ4n) is 1.60. The minimum Gasteiger partial charge on any atom is -0.487 e. The van der Waals surface area contributed by atoms with Crippen molar-refractivity contribution in [3.8, 4) is 5.75 Å². The zero-order valence-electron chi connectivity index (χ0n) is 8.63. The average molecular weight is 192 g/mol. The molecular weight excluding hydrogens is 176 g/mol. The van der Waals surface area contributed by atoms with Crippen LogP contribution in [0.4, 0.5) is 11.4 Å². The van der Waals surface area contributed by atoms with E-state index >= 15 is 0 Å². The van der Waals surface area contributed by atoms with Gasteiger partial charge in [-0.15, -0.1) is 0 Å². The van der Waals surface area contributed by atoms with Gasteiger partial charge in [-0.25, -0.2) is 0 Å². The van der Waals surface area contributed by atoms with E-state index in [4.69, 9.17) is 4.74 Å². The number of anilines is 2. The summed E-state index contributed by atoms with van der Waals surface area (Å²) in [6.07, 6.45) is 0.257. The largest absolute Gasteiger partial charge is 0.487 e. The van der Waals surface area contributed by atoms with Crippen LogP contribution in [0.25, 0.3) is 0 Å². The van der Waals surface area contributed by atoms with E-state index in [0.29, 0.717) is 0 Å². The second-order valence-corrected chi connectivity index (χ2v) is 3.55. The molecule has 2 rings (SSSR count). The van der Waals surface area contributed by atoms with Crippen molar-refractivity contribution in [1.82, 2.24) is 0 Å². The quantitative estimate of drug-likeness (QED) is 0.754. The zero-order chi connectivity index (χ0) is 9.97. The molecule has 1 unspecified atom stereocenters. The molecule has 0 saturated heterocycles. The minimum atomic E-state index is 0.257. The third-order valence-electron chi connectivity index (χ3n) is 2.27. The van der Waals surface area contributed by atoms with Crippen LogP contribution in [0.15, 0.2) is 18.2 Å². The summed E-state index contributed by atoms with van der Waals surface area (Å²) in [6, 6.07) is 6.14. The Morgan fingerprint density at radius 2 is 2.43 bits per heavy atom. The number of hydrogen-bond donors (Lipinski definition) is 2. The molecule has 1 aliphatic heterocycles. The number of fused-ring (bicyclic) bond motifs is 1. The lowest BCUT2D eigenvalue weighted by Gasteiger charge is -2.25. The Morgan fingerprint density at radius 1 is 1.57 bits per heavy atom. The maximum Gasteiger partial charge on any atom is 0.143 e. The highest BCUT2D eigenvalue weighted by molar-refractivity contribution is 5.65. The van der Waals surface area contributed by atoms with Gasteiger partial charge in [-0.2, -0.15) is 0 Å². The van der Waals surface area contributed by atoms with Crippen molar-refractivity contribution >= 4 is 11.4 Å². The SMILES string of the molecule is CCNc1ccc2c(c1)NCC(C)O2. The summed E-state index contributed by atoms with van der Waals surface area (Å²) >= 11 is 0. The molecule has 0 bridgehead atoms. The first-order valence-corrected chi connectivity index (χ1v) is 5.08. The summed E-state index contributed by atoms with van der Waals surface area (Å²) in [4.78, 5) is 0. The first kappa shape index (κ1) is 9.19. The van der Waals surface area contributed by atoms with E-state index < -0.39 is 0 Å². The van der Waals surface area contributed by atoms with Crippen LogP contribution in [-0.4, -0.2) is 19.2 Å². The topological polar surface area (TPSA) is 33.3 Å². The highest BCUT2D eigenvalue weighted by Gasteiger charge is 2.14. The number of nitrogens with one attached hydrogen (secondary N) is 2. The maximum absolute atomic E-state index is 5.67. The smallest absolute Gasteiger partial charge is 0.143 e. The highest BCUT2D eigenvalue weighted by Crippen LogP contribution is 2.31. The van der Waals surface area contributed by atoms with Crippen molar-refractivity contribution < 1.29 is 4.74 Å². The molecule has 1 atom stereocenters. The van der Waals surface area contributed by atoms with Crippen LogP contribution in [0.2, 0.25) is 0 Å². The standard InChI is InChI=1S/C11H16N2O/c1-3-12-9-4-5-11-10(6-9)13-7-8(2)14-11/h4-6,8,12-13H,3,7H2,1-2H3. The zero-order valence-corrected chi connectivity index (χ0v) is 8.63. The number of ether oxygens (including phenoxy) is 1. The molecule has 14 heavy (non-hydrogen) atoms. The van der Waals surface area contributed by atoms with Gasteiger partial charge in [0.15, 0.2) is 0 Å². The van der Waals surface area contributed by atoms with Crippen molar-refractivity contribution in [2.24, 2.45) is 0 Å². The Balaban J connectivity index is 2.22. The van der Waals surface area contributed by atoms with Crippen molar-refractivity contribution in [3.63, 3.8) is 0 Å². The molecule has 0 aliphatic carbocycles. The molecular formula is C11H16N2O. The summed E-state index contributed by atoms with van der Waals surface area (Å²) in [5.41, 5.74) is 2.22. The fourth-order valence-corrected chi connectivity index (χ4v) is 1.60. The number of rotatable bonds is 2. The summed E-state index contributed by atoms with van der Waals surface area (Å²) in [5.74, 6) is 0.949. The van der Waals surface area contributed by atoms with E-state index in [-0.39, 0.29) is 6.10 Å².